The number of hydrogen-bond donors (Lipinski definition) is 1. The number of rotatable bonds is 9. The highest BCUT2D eigenvalue weighted by Crippen LogP contribution is 2.47. The van der Waals surface area contributed by atoms with Crippen LogP contribution in [-0.2, 0) is 9.53 Å². The van der Waals surface area contributed by atoms with Crippen molar-refractivity contribution < 1.29 is 19.4 Å². The van der Waals surface area contributed by atoms with Gasteiger partial charge in [0.1, 0.15) is 5.75 Å². The summed E-state index contributed by atoms with van der Waals surface area (Å²) in [5.41, 5.74) is 5.39. The average molecular weight is 517 g/mol. The van der Waals surface area contributed by atoms with Crippen LogP contribution < -0.4 is 0 Å². The van der Waals surface area contributed by atoms with E-state index >= 15 is 0 Å². The zero-order valence-corrected chi connectivity index (χ0v) is 22.9. The van der Waals surface area contributed by atoms with Crippen LogP contribution in [0.25, 0.3) is 5.57 Å². The molecule has 202 valence electrons. The molecule has 38 heavy (non-hydrogen) atoms. The SMILES string of the molecule is CCOC(=O)C1CC1CN1C2CCC1CC(=C(c1ccc(C(=O)N(CC)CC)cc1)c1cccc(O)c1)C2. The van der Waals surface area contributed by atoms with Crippen LogP contribution in [0.3, 0.4) is 0 Å². The Kier molecular flexibility index (Phi) is 7.89. The molecule has 1 amide bonds. The smallest absolute Gasteiger partial charge is 0.309 e. The minimum Gasteiger partial charge on any atom is -0.508 e. The van der Waals surface area contributed by atoms with Crippen LogP contribution >= 0.6 is 0 Å². The van der Waals surface area contributed by atoms with E-state index in [9.17, 15) is 14.7 Å². The molecule has 0 spiro atoms. The number of phenolic OH excluding ortho intramolecular Hbond substituents is 1. The first-order valence-corrected chi connectivity index (χ1v) is 14.3. The third kappa shape index (κ3) is 5.37. The quantitative estimate of drug-likeness (QED) is 0.446. The molecule has 0 radical (unpaired) electrons. The van der Waals surface area contributed by atoms with Gasteiger partial charge in [-0.15, -0.1) is 0 Å². The van der Waals surface area contributed by atoms with Crippen LogP contribution in [0.4, 0.5) is 0 Å². The molecule has 1 N–H and O–H groups in total. The van der Waals surface area contributed by atoms with Gasteiger partial charge in [-0.3, -0.25) is 14.5 Å². The lowest BCUT2D eigenvalue weighted by atomic mass is 9.85. The van der Waals surface area contributed by atoms with E-state index in [1.165, 1.54) is 24.0 Å². The van der Waals surface area contributed by atoms with E-state index in [0.29, 0.717) is 43.3 Å². The van der Waals surface area contributed by atoms with Gasteiger partial charge < -0.3 is 14.7 Å². The lowest BCUT2D eigenvalue weighted by molar-refractivity contribution is -0.145. The molecule has 2 bridgehead atoms. The van der Waals surface area contributed by atoms with Gasteiger partial charge in [0.25, 0.3) is 5.91 Å². The molecule has 2 aliphatic heterocycles. The van der Waals surface area contributed by atoms with Gasteiger partial charge >= 0.3 is 5.97 Å². The number of amides is 1. The maximum atomic E-state index is 12.9. The summed E-state index contributed by atoms with van der Waals surface area (Å²) in [5, 5.41) is 10.3. The molecule has 2 heterocycles. The summed E-state index contributed by atoms with van der Waals surface area (Å²) in [6.07, 6.45) is 5.27. The molecule has 0 aromatic heterocycles. The zero-order chi connectivity index (χ0) is 26.8. The van der Waals surface area contributed by atoms with E-state index in [1.807, 2.05) is 49.9 Å². The first kappa shape index (κ1) is 26.5. The fraction of sp³-hybridized carbons (Fsp3) is 0.500. The Hall–Kier alpha value is -3.12. The molecular formula is C32H40N2O4. The summed E-state index contributed by atoms with van der Waals surface area (Å²) >= 11 is 0. The van der Waals surface area contributed by atoms with Crippen LogP contribution in [0.1, 0.15) is 74.4 Å². The number of nitrogens with zero attached hydrogens (tertiary/aromatic N) is 2. The van der Waals surface area contributed by atoms with Crippen LogP contribution in [0, 0.1) is 11.8 Å². The first-order valence-electron chi connectivity index (χ1n) is 14.3. The average Bonchev–Trinajstić information content (AvgIpc) is 3.65. The number of aromatic hydroxyl groups is 1. The molecule has 4 unspecified atom stereocenters. The largest absolute Gasteiger partial charge is 0.508 e. The number of esters is 1. The maximum Gasteiger partial charge on any atom is 0.309 e. The fourth-order valence-corrected chi connectivity index (χ4v) is 6.57. The van der Waals surface area contributed by atoms with Crippen molar-refractivity contribution in [3.63, 3.8) is 0 Å². The van der Waals surface area contributed by atoms with Crippen molar-refractivity contribution in [1.29, 1.82) is 0 Å². The van der Waals surface area contributed by atoms with Gasteiger partial charge in [0.05, 0.1) is 12.5 Å². The van der Waals surface area contributed by atoms with E-state index < -0.39 is 0 Å². The van der Waals surface area contributed by atoms with Crippen LogP contribution in [0.2, 0.25) is 0 Å². The molecule has 1 saturated carbocycles. The van der Waals surface area contributed by atoms with Crippen molar-refractivity contribution in [3.05, 3.63) is 70.8 Å². The minimum atomic E-state index is -0.0310. The molecular weight excluding hydrogens is 476 g/mol. The summed E-state index contributed by atoms with van der Waals surface area (Å²) < 4.78 is 5.25. The number of piperidine rings is 1. The molecule has 5 rings (SSSR count). The predicted molar refractivity (Wildman–Crippen MR) is 149 cm³/mol. The lowest BCUT2D eigenvalue weighted by Crippen LogP contribution is -2.42. The molecule has 2 aromatic carbocycles. The van der Waals surface area contributed by atoms with Gasteiger partial charge in [-0.1, -0.05) is 29.8 Å². The van der Waals surface area contributed by atoms with Gasteiger partial charge in [0, 0.05) is 37.3 Å². The Morgan fingerprint density at radius 1 is 0.947 bits per heavy atom. The molecule has 6 nitrogen and oxygen atoms in total. The van der Waals surface area contributed by atoms with Crippen molar-refractivity contribution in [1.82, 2.24) is 9.80 Å². The van der Waals surface area contributed by atoms with Crippen molar-refractivity contribution in [2.24, 2.45) is 11.8 Å². The summed E-state index contributed by atoms with van der Waals surface area (Å²) in [4.78, 5) is 29.5. The summed E-state index contributed by atoms with van der Waals surface area (Å²) in [6.45, 7) is 8.69. The minimum absolute atomic E-state index is 0.0310. The summed E-state index contributed by atoms with van der Waals surface area (Å²) in [6, 6.07) is 16.5. The lowest BCUT2D eigenvalue weighted by Gasteiger charge is -2.37. The number of phenols is 1. The second kappa shape index (κ2) is 11.3. The van der Waals surface area contributed by atoms with E-state index in [4.69, 9.17) is 4.74 Å². The first-order chi connectivity index (χ1) is 18.4. The van der Waals surface area contributed by atoms with Crippen LogP contribution in [0.15, 0.2) is 54.1 Å². The fourth-order valence-electron chi connectivity index (χ4n) is 6.57. The van der Waals surface area contributed by atoms with E-state index in [2.05, 4.69) is 23.1 Å². The third-order valence-corrected chi connectivity index (χ3v) is 8.65. The second-order valence-corrected chi connectivity index (χ2v) is 10.9. The zero-order valence-electron chi connectivity index (χ0n) is 22.9. The molecule has 4 atom stereocenters. The van der Waals surface area contributed by atoms with Gasteiger partial charge in [-0.25, -0.2) is 0 Å². The summed E-state index contributed by atoms with van der Waals surface area (Å²) in [7, 11) is 0. The van der Waals surface area contributed by atoms with Crippen molar-refractivity contribution in [2.45, 2.75) is 65.0 Å². The Bertz CT molecular complexity index is 1180. The Morgan fingerprint density at radius 2 is 1.61 bits per heavy atom. The van der Waals surface area contributed by atoms with Gasteiger partial charge in [0.2, 0.25) is 0 Å². The van der Waals surface area contributed by atoms with Crippen molar-refractivity contribution in [2.75, 3.05) is 26.2 Å². The van der Waals surface area contributed by atoms with Gasteiger partial charge in [0.15, 0.2) is 0 Å². The number of hydrogen-bond acceptors (Lipinski definition) is 5. The topological polar surface area (TPSA) is 70.1 Å². The number of carbonyl (C=O) groups is 2. The van der Waals surface area contributed by atoms with Crippen LogP contribution in [0.5, 0.6) is 5.75 Å². The van der Waals surface area contributed by atoms with Gasteiger partial charge in [-0.2, -0.15) is 0 Å². The maximum absolute atomic E-state index is 12.9. The highest BCUT2D eigenvalue weighted by molar-refractivity contribution is 5.95. The monoisotopic (exact) mass is 516 g/mol. The normalized spacial score (nSPS) is 24.2. The second-order valence-electron chi connectivity index (χ2n) is 10.9. The number of carbonyl (C=O) groups excluding carboxylic acids is 2. The van der Waals surface area contributed by atoms with Crippen molar-refractivity contribution >= 4 is 17.4 Å². The summed E-state index contributed by atoms with van der Waals surface area (Å²) in [5.74, 6) is 0.779. The van der Waals surface area contributed by atoms with Gasteiger partial charge in [-0.05, 0) is 99.8 Å². The highest BCUT2D eigenvalue weighted by Gasteiger charge is 2.48. The van der Waals surface area contributed by atoms with E-state index in [0.717, 1.165) is 36.9 Å². The van der Waals surface area contributed by atoms with Crippen LogP contribution in [-0.4, -0.2) is 65.1 Å². The molecule has 6 heteroatoms. The highest BCUT2D eigenvalue weighted by atomic mass is 16.5. The molecule has 3 fully saturated rings. The van der Waals surface area contributed by atoms with E-state index in [1.54, 1.807) is 6.07 Å². The third-order valence-electron chi connectivity index (χ3n) is 8.65. The Morgan fingerprint density at radius 3 is 2.21 bits per heavy atom. The molecule has 3 aliphatic rings. The standard InChI is InChI=1S/C32H40N2O4/c1-4-33(5-2)31(36)22-12-10-21(11-13-22)30(23-8-7-9-28(35)18-23)24-16-26-14-15-27(17-24)34(26)20-25-19-29(25)32(37)38-6-3/h7-13,18,25-27,29,35H,4-6,14-17,19-20H2,1-3H3. The predicted octanol–water partition coefficient (Wildman–Crippen LogP) is 5.50. The number of fused-ring (bicyclic) bond motifs is 2. The van der Waals surface area contributed by atoms with E-state index in [-0.39, 0.29) is 23.5 Å². The molecule has 2 saturated heterocycles. The Labute approximate surface area is 226 Å². The Balaban J connectivity index is 1.40. The number of benzene rings is 2. The molecule has 1 aliphatic carbocycles. The molecule has 2 aromatic rings. The number of ether oxygens (including phenoxy) is 1. The van der Waals surface area contributed by atoms with Crippen molar-refractivity contribution in [3.8, 4) is 5.75 Å².